The number of carbonyl (C=O) groups is 1. The van der Waals surface area contributed by atoms with Crippen molar-refractivity contribution in [2.75, 3.05) is 7.05 Å². The van der Waals surface area contributed by atoms with Crippen molar-refractivity contribution in [1.82, 2.24) is 4.90 Å². The van der Waals surface area contributed by atoms with Crippen LogP contribution < -0.4 is 0 Å². The summed E-state index contributed by atoms with van der Waals surface area (Å²) in [6.07, 6.45) is -0.507. The largest absolute Gasteiger partial charge is 0.444 e. The maximum atomic E-state index is 12.2. The molecule has 0 bridgehead atoms. The third-order valence-electron chi connectivity index (χ3n) is 3.31. The van der Waals surface area contributed by atoms with Gasteiger partial charge in [-0.15, -0.1) is 0 Å². The highest BCUT2D eigenvalue weighted by atomic mass is 16.6. The normalized spacial score (nSPS) is 12.5. The number of nitriles is 1. The van der Waals surface area contributed by atoms with E-state index in [9.17, 15) is 10.1 Å². The molecule has 1 unspecified atom stereocenters. The number of amides is 1. The highest BCUT2D eigenvalue weighted by Gasteiger charge is 2.27. The van der Waals surface area contributed by atoms with Crippen LogP contribution in [0.4, 0.5) is 4.79 Å². The van der Waals surface area contributed by atoms with Crippen LogP contribution in [0.5, 0.6) is 0 Å². The molecule has 4 nitrogen and oxygen atoms in total. The Balaban J connectivity index is 2.39. The van der Waals surface area contributed by atoms with Gasteiger partial charge in [0.15, 0.2) is 0 Å². The summed E-state index contributed by atoms with van der Waals surface area (Å²) in [5, 5.41) is 11.6. The fourth-order valence-electron chi connectivity index (χ4n) is 2.29. The Kier molecular flexibility index (Phi) is 4.37. The minimum atomic E-state index is -0.694. The maximum absolute atomic E-state index is 12.2. The number of nitrogens with zero attached hydrogens (tertiary/aromatic N) is 2. The molecule has 0 saturated heterocycles. The molecule has 2 rings (SSSR count). The van der Waals surface area contributed by atoms with E-state index in [-0.39, 0.29) is 0 Å². The molecule has 0 aliphatic carbocycles. The molecular weight excluding hydrogens is 276 g/mol. The number of hydrogen-bond acceptors (Lipinski definition) is 3. The summed E-state index contributed by atoms with van der Waals surface area (Å²) in [4.78, 5) is 13.6. The van der Waals surface area contributed by atoms with Crippen molar-refractivity contribution in [3.8, 4) is 6.07 Å². The van der Waals surface area contributed by atoms with Gasteiger partial charge in [-0.1, -0.05) is 42.5 Å². The van der Waals surface area contributed by atoms with E-state index in [0.717, 1.165) is 16.3 Å². The van der Waals surface area contributed by atoms with Crippen molar-refractivity contribution in [2.24, 2.45) is 0 Å². The lowest BCUT2D eigenvalue weighted by Gasteiger charge is -2.28. The van der Waals surface area contributed by atoms with Crippen molar-refractivity contribution in [1.29, 1.82) is 5.26 Å². The molecule has 2 aromatic rings. The first-order chi connectivity index (χ1) is 10.3. The van der Waals surface area contributed by atoms with Gasteiger partial charge in [0.1, 0.15) is 11.6 Å². The van der Waals surface area contributed by atoms with Gasteiger partial charge >= 0.3 is 6.09 Å². The standard InChI is InChI=1S/C18H20N2O2/c1-18(2,3)22-17(21)20(4)16(12-19)15-11-7-9-13-8-5-6-10-14(13)15/h5-11,16H,1-4H3. The predicted octanol–water partition coefficient (Wildman–Crippen LogP) is 4.27. The molecule has 22 heavy (non-hydrogen) atoms. The fraction of sp³-hybridized carbons (Fsp3) is 0.333. The van der Waals surface area contributed by atoms with Crippen LogP contribution in [0.1, 0.15) is 32.4 Å². The third kappa shape index (κ3) is 3.37. The topological polar surface area (TPSA) is 53.3 Å². The van der Waals surface area contributed by atoms with Crippen molar-refractivity contribution in [3.05, 3.63) is 48.0 Å². The molecule has 1 amide bonds. The lowest BCUT2D eigenvalue weighted by atomic mass is 9.99. The van der Waals surface area contributed by atoms with Crippen LogP contribution in [0.15, 0.2) is 42.5 Å². The highest BCUT2D eigenvalue weighted by Crippen LogP contribution is 2.28. The molecule has 114 valence electrons. The molecule has 1 atom stereocenters. The summed E-state index contributed by atoms with van der Waals surface area (Å²) in [6.45, 7) is 5.41. The summed E-state index contributed by atoms with van der Waals surface area (Å²) >= 11 is 0. The number of fused-ring (bicyclic) bond motifs is 1. The molecule has 0 aliphatic heterocycles. The Labute approximate surface area is 130 Å². The fourth-order valence-corrected chi connectivity index (χ4v) is 2.29. The van der Waals surface area contributed by atoms with Gasteiger partial charge in [-0.05, 0) is 37.1 Å². The molecule has 0 radical (unpaired) electrons. The van der Waals surface area contributed by atoms with Crippen LogP contribution in [-0.4, -0.2) is 23.6 Å². The Morgan fingerprint density at radius 2 is 1.82 bits per heavy atom. The number of hydrogen-bond donors (Lipinski definition) is 0. The number of rotatable bonds is 2. The number of ether oxygens (including phenoxy) is 1. The van der Waals surface area contributed by atoms with Gasteiger partial charge in [-0.2, -0.15) is 5.26 Å². The van der Waals surface area contributed by atoms with E-state index in [4.69, 9.17) is 4.74 Å². The average Bonchev–Trinajstić information content (AvgIpc) is 2.46. The second-order valence-corrected chi connectivity index (χ2v) is 6.19. The Hall–Kier alpha value is -2.54. The second kappa shape index (κ2) is 6.07. The van der Waals surface area contributed by atoms with E-state index in [1.165, 1.54) is 4.90 Å². The minimum Gasteiger partial charge on any atom is -0.444 e. The van der Waals surface area contributed by atoms with Gasteiger partial charge in [0.25, 0.3) is 0 Å². The maximum Gasteiger partial charge on any atom is 0.411 e. The average molecular weight is 296 g/mol. The Bertz CT molecular complexity index is 720. The quantitative estimate of drug-likeness (QED) is 0.831. The monoisotopic (exact) mass is 296 g/mol. The lowest BCUT2D eigenvalue weighted by molar-refractivity contribution is 0.0259. The smallest absolute Gasteiger partial charge is 0.411 e. The molecule has 4 heteroatoms. The van der Waals surface area contributed by atoms with E-state index in [2.05, 4.69) is 6.07 Å². The summed E-state index contributed by atoms with van der Waals surface area (Å²) in [6, 6.07) is 15.1. The summed E-state index contributed by atoms with van der Waals surface area (Å²) in [5.74, 6) is 0. The van der Waals surface area contributed by atoms with Crippen LogP contribution in [-0.2, 0) is 4.74 Å². The lowest BCUT2D eigenvalue weighted by Crippen LogP contribution is -2.36. The van der Waals surface area contributed by atoms with E-state index >= 15 is 0 Å². The summed E-state index contributed by atoms with van der Waals surface area (Å²) < 4.78 is 5.35. The van der Waals surface area contributed by atoms with Crippen molar-refractivity contribution >= 4 is 16.9 Å². The SMILES string of the molecule is CN(C(=O)OC(C)(C)C)C(C#N)c1cccc2ccccc12. The minimum absolute atomic E-state index is 0.507. The van der Waals surface area contributed by atoms with Crippen molar-refractivity contribution < 1.29 is 9.53 Å². The molecule has 0 spiro atoms. The summed E-state index contributed by atoms with van der Waals surface area (Å²) in [7, 11) is 1.59. The van der Waals surface area contributed by atoms with E-state index in [1.807, 2.05) is 42.5 Å². The van der Waals surface area contributed by atoms with Gasteiger partial charge in [0.05, 0.1) is 6.07 Å². The molecular formula is C18H20N2O2. The van der Waals surface area contributed by atoms with Crippen molar-refractivity contribution in [3.63, 3.8) is 0 Å². The number of carbonyl (C=O) groups excluding carboxylic acids is 1. The first-order valence-corrected chi connectivity index (χ1v) is 7.16. The zero-order valence-corrected chi connectivity index (χ0v) is 13.3. The molecule has 2 aromatic carbocycles. The molecule has 0 aliphatic rings. The number of benzene rings is 2. The predicted molar refractivity (Wildman–Crippen MR) is 86.3 cm³/mol. The first-order valence-electron chi connectivity index (χ1n) is 7.16. The van der Waals surface area contributed by atoms with Crippen LogP contribution in [0.2, 0.25) is 0 Å². The first kappa shape index (κ1) is 15.8. The Morgan fingerprint density at radius 3 is 2.45 bits per heavy atom. The van der Waals surface area contributed by atoms with Gasteiger partial charge in [0, 0.05) is 7.05 Å². The van der Waals surface area contributed by atoms with Gasteiger partial charge in [0.2, 0.25) is 0 Å². The highest BCUT2D eigenvalue weighted by molar-refractivity contribution is 5.87. The Morgan fingerprint density at radius 1 is 1.18 bits per heavy atom. The molecule has 0 saturated carbocycles. The van der Waals surface area contributed by atoms with Crippen LogP contribution in [0, 0.1) is 11.3 Å². The zero-order valence-electron chi connectivity index (χ0n) is 13.3. The van der Waals surface area contributed by atoms with Gasteiger partial charge in [-0.25, -0.2) is 4.79 Å². The van der Waals surface area contributed by atoms with E-state index < -0.39 is 17.7 Å². The molecule has 0 fully saturated rings. The second-order valence-electron chi connectivity index (χ2n) is 6.19. The summed E-state index contributed by atoms with van der Waals surface area (Å²) in [5.41, 5.74) is 0.207. The third-order valence-corrected chi connectivity index (χ3v) is 3.31. The van der Waals surface area contributed by atoms with E-state index in [0.29, 0.717) is 0 Å². The van der Waals surface area contributed by atoms with Crippen LogP contribution in [0.3, 0.4) is 0 Å². The van der Waals surface area contributed by atoms with Gasteiger partial charge in [-0.3, -0.25) is 4.90 Å². The van der Waals surface area contributed by atoms with Crippen LogP contribution in [0.25, 0.3) is 10.8 Å². The van der Waals surface area contributed by atoms with E-state index in [1.54, 1.807) is 27.8 Å². The van der Waals surface area contributed by atoms with Crippen LogP contribution >= 0.6 is 0 Å². The molecule has 0 aromatic heterocycles. The molecule has 0 heterocycles. The van der Waals surface area contributed by atoms with Gasteiger partial charge < -0.3 is 4.74 Å². The molecule has 0 N–H and O–H groups in total. The van der Waals surface area contributed by atoms with Crippen molar-refractivity contribution in [2.45, 2.75) is 32.4 Å². The zero-order chi connectivity index (χ0) is 16.3.